The van der Waals surface area contributed by atoms with E-state index in [2.05, 4.69) is 24.4 Å². The summed E-state index contributed by atoms with van der Waals surface area (Å²) in [5.41, 5.74) is 3.23. The molecule has 0 aliphatic heterocycles. The molecule has 2 rings (SSSR count). The third-order valence-corrected chi connectivity index (χ3v) is 4.11. The summed E-state index contributed by atoms with van der Waals surface area (Å²) in [6, 6.07) is 16.0. The lowest BCUT2D eigenvalue weighted by atomic mass is 9.94. The number of carbonyl (C=O) groups is 1. The summed E-state index contributed by atoms with van der Waals surface area (Å²) in [4.78, 5) is 12.5. The van der Waals surface area contributed by atoms with Gasteiger partial charge in [0.1, 0.15) is 5.75 Å². The molecule has 1 N–H and O–H groups in total. The molecule has 0 aliphatic rings. The van der Waals surface area contributed by atoms with Crippen LogP contribution in [-0.4, -0.2) is 17.6 Å². The van der Waals surface area contributed by atoms with Crippen LogP contribution in [0.3, 0.4) is 0 Å². The Hall–Kier alpha value is -2.29. The van der Waals surface area contributed by atoms with Gasteiger partial charge >= 0.3 is 0 Å². The highest BCUT2D eigenvalue weighted by Gasteiger charge is 2.25. The van der Waals surface area contributed by atoms with Crippen molar-refractivity contribution in [2.45, 2.75) is 52.7 Å². The lowest BCUT2D eigenvalue weighted by Gasteiger charge is -2.28. The van der Waals surface area contributed by atoms with E-state index < -0.39 is 6.10 Å². The molecule has 0 heterocycles. The number of amides is 1. The number of carbonyl (C=O) groups excluding carboxylic acids is 1. The highest BCUT2D eigenvalue weighted by molar-refractivity contribution is 5.81. The molecular weight excluding hydrogens is 298 g/mol. The van der Waals surface area contributed by atoms with Crippen molar-refractivity contribution in [3.05, 3.63) is 65.2 Å². The topological polar surface area (TPSA) is 38.3 Å². The second kappa shape index (κ2) is 7.52. The predicted molar refractivity (Wildman–Crippen MR) is 98.4 cm³/mol. The fourth-order valence-electron chi connectivity index (χ4n) is 2.63. The van der Waals surface area contributed by atoms with Crippen LogP contribution in [0.4, 0.5) is 0 Å². The first-order valence-corrected chi connectivity index (χ1v) is 8.37. The van der Waals surface area contributed by atoms with Gasteiger partial charge in [0.25, 0.3) is 5.91 Å². The van der Waals surface area contributed by atoms with Crippen LogP contribution in [0.15, 0.2) is 48.5 Å². The lowest BCUT2D eigenvalue weighted by molar-refractivity contribution is -0.128. The Bertz CT molecular complexity index is 692. The third kappa shape index (κ3) is 5.12. The molecule has 0 saturated carbocycles. The van der Waals surface area contributed by atoms with E-state index in [9.17, 15) is 4.79 Å². The maximum atomic E-state index is 12.5. The average Bonchev–Trinajstić information content (AvgIpc) is 2.51. The van der Waals surface area contributed by atoms with Crippen molar-refractivity contribution < 1.29 is 9.53 Å². The molecule has 0 unspecified atom stereocenters. The summed E-state index contributed by atoms with van der Waals surface area (Å²) in [7, 11) is 0. The maximum Gasteiger partial charge on any atom is 0.261 e. The molecule has 0 radical (unpaired) electrons. The fraction of sp³-hybridized carbons (Fsp3) is 0.381. The summed E-state index contributed by atoms with van der Waals surface area (Å²) in [5, 5.41) is 3.09. The first-order valence-electron chi connectivity index (χ1n) is 8.37. The number of aryl methyl sites for hydroxylation is 2. The highest BCUT2D eigenvalue weighted by atomic mass is 16.5. The summed E-state index contributed by atoms with van der Waals surface area (Å²) in [6.45, 7) is 9.93. The molecule has 0 saturated heterocycles. The van der Waals surface area contributed by atoms with Crippen molar-refractivity contribution in [1.29, 1.82) is 0 Å². The van der Waals surface area contributed by atoms with Gasteiger partial charge < -0.3 is 10.1 Å². The Labute approximate surface area is 145 Å². The number of nitrogens with one attached hydrogen (secondary N) is 1. The minimum atomic E-state index is -0.540. The molecule has 3 heteroatoms. The Kier molecular flexibility index (Phi) is 5.66. The standard InChI is InChI=1S/C21H27NO2/c1-15-11-12-19(13-16(15)2)24-17(3)20(23)22-21(4,5)14-18-9-7-6-8-10-18/h6-13,17H,14H2,1-5H3,(H,22,23)/t17-/m0/s1. The van der Waals surface area contributed by atoms with Crippen LogP contribution in [0.1, 0.15) is 37.5 Å². The zero-order valence-electron chi connectivity index (χ0n) is 15.2. The molecule has 2 aromatic rings. The van der Waals surface area contributed by atoms with E-state index in [1.54, 1.807) is 6.92 Å². The molecule has 0 aliphatic carbocycles. The van der Waals surface area contributed by atoms with E-state index in [0.717, 1.165) is 17.7 Å². The molecule has 0 spiro atoms. The Morgan fingerprint density at radius 2 is 1.75 bits per heavy atom. The van der Waals surface area contributed by atoms with E-state index in [-0.39, 0.29) is 11.4 Å². The third-order valence-electron chi connectivity index (χ3n) is 4.11. The van der Waals surface area contributed by atoms with Crippen LogP contribution in [0.2, 0.25) is 0 Å². The zero-order chi connectivity index (χ0) is 17.7. The molecule has 128 valence electrons. The van der Waals surface area contributed by atoms with Crippen molar-refractivity contribution in [2.24, 2.45) is 0 Å². The lowest BCUT2D eigenvalue weighted by Crippen LogP contribution is -2.49. The molecular formula is C21H27NO2. The minimum absolute atomic E-state index is 0.103. The smallest absolute Gasteiger partial charge is 0.261 e. The minimum Gasteiger partial charge on any atom is -0.481 e. The van der Waals surface area contributed by atoms with Crippen molar-refractivity contribution >= 4 is 5.91 Å². The molecule has 0 fully saturated rings. The van der Waals surface area contributed by atoms with Crippen molar-refractivity contribution in [2.75, 3.05) is 0 Å². The van der Waals surface area contributed by atoms with Crippen LogP contribution in [-0.2, 0) is 11.2 Å². The molecule has 1 atom stereocenters. The first kappa shape index (κ1) is 18.1. The van der Waals surface area contributed by atoms with E-state index in [4.69, 9.17) is 4.74 Å². The summed E-state index contributed by atoms with van der Waals surface area (Å²) >= 11 is 0. The summed E-state index contributed by atoms with van der Waals surface area (Å²) in [6.07, 6.45) is 0.234. The van der Waals surface area contributed by atoms with Crippen LogP contribution in [0.25, 0.3) is 0 Å². The number of benzene rings is 2. The largest absolute Gasteiger partial charge is 0.481 e. The predicted octanol–water partition coefficient (Wildman–Crippen LogP) is 4.21. The van der Waals surface area contributed by atoms with Gasteiger partial charge in [0.2, 0.25) is 0 Å². The number of ether oxygens (including phenoxy) is 1. The van der Waals surface area contributed by atoms with E-state index in [1.165, 1.54) is 11.1 Å². The number of hydrogen-bond donors (Lipinski definition) is 1. The van der Waals surface area contributed by atoms with E-state index in [0.29, 0.717) is 0 Å². The van der Waals surface area contributed by atoms with Gasteiger partial charge in [0.05, 0.1) is 0 Å². The normalized spacial score (nSPS) is 12.5. The molecule has 2 aromatic carbocycles. The molecule has 3 nitrogen and oxygen atoms in total. The molecule has 1 amide bonds. The van der Waals surface area contributed by atoms with Gasteiger partial charge in [-0.2, -0.15) is 0 Å². The Morgan fingerprint density at radius 1 is 1.08 bits per heavy atom. The average molecular weight is 325 g/mol. The van der Waals surface area contributed by atoms with Gasteiger partial charge in [-0.25, -0.2) is 0 Å². The van der Waals surface area contributed by atoms with Crippen molar-refractivity contribution in [1.82, 2.24) is 5.32 Å². The van der Waals surface area contributed by atoms with Gasteiger partial charge in [0, 0.05) is 5.54 Å². The van der Waals surface area contributed by atoms with E-state index >= 15 is 0 Å². The first-order chi connectivity index (χ1) is 11.3. The van der Waals surface area contributed by atoms with Crippen molar-refractivity contribution in [3.63, 3.8) is 0 Å². The summed E-state index contributed by atoms with van der Waals surface area (Å²) < 4.78 is 5.80. The van der Waals surface area contributed by atoms with Crippen LogP contribution in [0.5, 0.6) is 5.75 Å². The molecule has 0 aromatic heterocycles. The monoisotopic (exact) mass is 325 g/mol. The number of rotatable bonds is 6. The van der Waals surface area contributed by atoms with E-state index in [1.807, 2.05) is 57.2 Å². The summed E-state index contributed by atoms with van der Waals surface area (Å²) in [5.74, 6) is 0.621. The second-order valence-electron chi connectivity index (χ2n) is 7.04. The zero-order valence-corrected chi connectivity index (χ0v) is 15.2. The van der Waals surface area contributed by atoms with Gasteiger partial charge in [-0.05, 0) is 69.9 Å². The quantitative estimate of drug-likeness (QED) is 0.864. The van der Waals surface area contributed by atoms with Crippen molar-refractivity contribution in [3.8, 4) is 5.75 Å². The number of hydrogen-bond acceptors (Lipinski definition) is 2. The molecule has 24 heavy (non-hydrogen) atoms. The van der Waals surface area contributed by atoms with Crippen LogP contribution < -0.4 is 10.1 Å². The Morgan fingerprint density at radius 3 is 2.38 bits per heavy atom. The van der Waals surface area contributed by atoms with Gasteiger partial charge in [-0.3, -0.25) is 4.79 Å². The molecule has 0 bridgehead atoms. The Balaban J connectivity index is 1.96. The van der Waals surface area contributed by atoms with Crippen LogP contribution >= 0.6 is 0 Å². The fourth-order valence-corrected chi connectivity index (χ4v) is 2.63. The second-order valence-corrected chi connectivity index (χ2v) is 7.04. The maximum absolute atomic E-state index is 12.5. The highest BCUT2D eigenvalue weighted by Crippen LogP contribution is 2.18. The SMILES string of the molecule is Cc1ccc(O[C@@H](C)C(=O)NC(C)(C)Cc2ccccc2)cc1C. The van der Waals surface area contributed by atoms with Gasteiger partial charge in [-0.1, -0.05) is 36.4 Å². The van der Waals surface area contributed by atoms with Gasteiger partial charge in [0.15, 0.2) is 6.10 Å². The van der Waals surface area contributed by atoms with Crippen LogP contribution in [0, 0.1) is 13.8 Å². The van der Waals surface area contributed by atoms with Gasteiger partial charge in [-0.15, -0.1) is 0 Å².